The maximum Gasteiger partial charge on any atom is 0.490 e. The fourth-order valence-electron chi connectivity index (χ4n) is 4.79. The number of halogens is 7. The number of nitrogens with zero attached hydrogens (tertiary/aromatic N) is 5. The Hall–Kier alpha value is -4.78. The first kappa shape index (κ1) is 35.1. The van der Waals surface area contributed by atoms with E-state index < -0.39 is 41.2 Å². The third kappa shape index (κ3) is 9.38. The highest BCUT2D eigenvalue weighted by molar-refractivity contribution is 5.95. The van der Waals surface area contributed by atoms with E-state index in [0.717, 1.165) is 25.2 Å². The van der Waals surface area contributed by atoms with Crippen molar-refractivity contribution in [1.82, 2.24) is 35.2 Å². The fourth-order valence-corrected chi connectivity index (χ4v) is 4.79. The standard InChI is InChI=1S/C26H28F4N8O2.C2HF3O2/c27-23-19(2-1-3-20(23)26(28,29)30)25(40)38-12-10-36(11-13-38)16-18-14-17(24(39)37-8-6-31-7-9-37)15-22(33-18)34-21-4-5-32-35-21;3-2(4,5)1(6)7/h1-5,14-15,31H,6-13,16H2,(H2,32,33,34,35);(H,6,7). The molecule has 254 valence electrons. The summed E-state index contributed by atoms with van der Waals surface area (Å²) in [5.41, 5.74) is -0.947. The number of amides is 2. The second-order valence-electron chi connectivity index (χ2n) is 10.4. The number of rotatable bonds is 6. The van der Waals surface area contributed by atoms with E-state index in [4.69, 9.17) is 9.90 Å². The van der Waals surface area contributed by atoms with E-state index in [1.54, 1.807) is 29.3 Å². The Morgan fingerprint density at radius 2 is 1.51 bits per heavy atom. The van der Waals surface area contributed by atoms with E-state index in [2.05, 4.69) is 25.8 Å². The molecule has 4 N–H and O–H groups in total. The number of H-pyrrole nitrogens is 1. The van der Waals surface area contributed by atoms with Crippen molar-refractivity contribution in [2.75, 3.05) is 57.7 Å². The molecule has 2 aromatic heterocycles. The van der Waals surface area contributed by atoms with Gasteiger partial charge in [0.2, 0.25) is 0 Å². The summed E-state index contributed by atoms with van der Waals surface area (Å²) in [7, 11) is 0. The highest BCUT2D eigenvalue weighted by Gasteiger charge is 2.38. The number of piperazine rings is 2. The number of nitrogens with one attached hydrogen (secondary N) is 3. The van der Waals surface area contributed by atoms with E-state index >= 15 is 0 Å². The van der Waals surface area contributed by atoms with Gasteiger partial charge < -0.3 is 25.5 Å². The SMILES string of the molecule is O=C(O)C(F)(F)F.O=C(c1cc(CN2CCN(C(=O)c3cccc(C(F)(F)F)c3F)CC2)nc(Nc2cc[nH]n2)c1)N1CCNCC1. The van der Waals surface area contributed by atoms with E-state index in [1.807, 2.05) is 4.90 Å². The molecule has 0 bridgehead atoms. The fraction of sp³-hybridized carbons (Fsp3) is 0.393. The Morgan fingerprint density at radius 3 is 2.09 bits per heavy atom. The van der Waals surface area contributed by atoms with Crippen molar-refractivity contribution in [2.45, 2.75) is 18.9 Å². The summed E-state index contributed by atoms with van der Waals surface area (Å²) in [6, 6.07) is 7.88. The number of carboxylic acids is 1. The average Bonchev–Trinajstić information content (AvgIpc) is 3.53. The maximum absolute atomic E-state index is 14.5. The van der Waals surface area contributed by atoms with Gasteiger partial charge in [0.05, 0.1) is 16.8 Å². The lowest BCUT2D eigenvalue weighted by molar-refractivity contribution is -0.192. The molecule has 2 aliphatic heterocycles. The molecule has 0 radical (unpaired) electrons. The first-order valence-electron chi connectivity index (χ1n) is 14.1. The number of aliphatic carboxylic acids is 1. The van der Waals surface area contributed by atoms with Crippen molar-refractivity contribution >= 4 is 29.4 Å². The average molecular weight is 675 g/mol. The summed E-state index contributed by atoms with van der Waals surface area (Å²) in [5.74, 6) is -4.21. The molecule has 1 aromatic carbocycles. The van der Waals surface area contributed by atoms with Crippen LogP contribution in [0.4, 0.5) is 42.4 Å². The van der Waals surface area contributed by atoms with Crippen LogP contribution in [0, 0.1) is 5.82 Å². The van der Waals surface area contributed by atoms with Crippen LogP contribution in [0.5, 0.6) is 0 Å². The predicted molar refractivity (Wildman–Crippen MR) is 151 cm³/mol. The van der Waals surface area contributed by atoms with Crippen LogP contribution in [0.1, 0.15) is 32.0 Å². The Morgan fingerprint density at radius 1 is 0.872 bits per heavy atom. The normalized spacial score (nSPS) is 15.9. The Kier molecular flexibility index (Phi) is 11.0. The summed E-state index contributed by atoms with van der Waals surface area (Å²) in [4.78, 5) is 44.8. The smallest absolute Gasteiger partial charge is 0.475 e. The molecule has 0 spiro atoms. The Bertz CT molecular complexity index is 1550. The third-order valence-electron chi connectivity index (χ3n) is 7.11. The summed E-state index contributed by atoms with van der Waals surface area (Å²) >= 11 is 0. The molecule has 19 heteroatoms. The van der Waals surface area contributed by atoms with Gasteiger partial charge >= 0.3 is 18.3 Å². The molecular weight excluding hydrogens is 645 g/mol. The summed E-state index contributed by atoms with van der Waals surface area (Å²) in [6.07, 6.45) is -8.32. The number of carbonyl (C=O) groups is 3. The zero-order valence-electron chi connectivity index (χ0n) is 24.5. The molecule has 12 nitrogen and oxygen atoms in total. The first-order valence-corrected chi connectivity index (χ1v) is 14.1. The van der Waals surface area contributed by atoms with Crippen LogP contribution in [0.3, 0.4) is 0 Å². The molecule has 2 amide bonds. The van der Waals surface area contributed by atoms with E-state index in [1.165, 1.54) is 4.90 Å². The minimum atomic E-state index is -5.08. The van der Waals surface area contributed by atoms with Crippen LogP contribution in [0.25, 0.3) is 0 Å². The summed E-state index contributed by atoms with van der Waals surface area (Å²) in [6.45, 7) is 4.20. The summed E-state index contributed by atoms with van der Waals surface area (Å²) in [5, 5.41) is 20.2. The lowest BCUT2D eigenvalue weighted by Crippen LogP contribution is -2.48. The molecule has 0 unspecified atom stereocenters. The van der Waals surface area contributed by atoms with Crippen LogP contribution < -0.4 is 10.6 Å². The number of carbonyl (C=O) groups excluding carboxylic acids is 2. The maximum atomic E-state index is 14.5. The molecule has 5 rings (SSSR count). The second kappa shape index (κ2) is 14.8. The number of carboxylic acid groups (broad SMARTS) is 1. The van der Waals surface area contributed by atoms with Crippen LogP contribution in [-0.4, -0.2) is 111 Å². The van der Waals surface area contributed by atoms with E-state index in [-0.39, 0.29) is 19.0 Å². The highest BCUT2D eigenvalue weighted by Crippen LogP contribution is 2.33. The Balaban J connectivity index is 0.000000644. The van der Waals surface area contributed by atoms with Crippen LogP contribution >= 0.6 is 0 Å². The summed E-state index contributed by atoms with van der Waals surface area (Å²) < 4.78 is 85.5. The van der Waals surface area contributed by atoms with Gasteiger partial charge in [0, 0.05) is 76.7 Å². The molecular formula is C28H29F7N8O4. The van der Waals surface area contributed by atoms with Gasteiger partial charge in [-0.05, 0) is 24.3 Å². The number of hydrogen-bond acceptors (Lipinski definition) is 8. The molecule has 4 heterocycles. The van der Waals surface area contributed by atoms with Gasteiger partial charge in [0.15, 0.2) is 5.82 Å². The van der Waals surface area contributed by atoms with Crippen molar-refractivity contribution in [3.63, 3.8) is 0 Å². The topological polar surface area (TPSA) is 147 Å². The second-order valence-corrected chi connectivity index (χ2v) is 10.4. The third-order valence-corrected chi connectivity index (χ3v) is 7.11. The lowest BCUT2D eigenvalue weighted by Gasteiger charge is -2.35. The minimum absolute atomic E-state index is 0.103. The number of hydrogen-bond donors (Lipinski definition) is 4. The number of anilines is 2. The molecule has 2 saturated heterocycles. The number of aromatic nitrogens is 3. The zero-order chi connectivity index (χ0) is 34.4. The van der Waals surface area contributed by atoms with Gasteiger partial charge in [0.25, 0.3) is 11.8 Å². The monoisotopic (exact) mass is 674 g/mol. The zero-order valence-corrected chi connectivity index (χ0v) is 24.5. The largest absolute Gasteiger partial charge is 0.490 e. The highest BCUT2D eigenvalue weighted by atomic mass is 19.4. The molecule has 2 fully saturated rings. The van der Waals surface area contributed by atoms with Gasteiger partial charge in [-0.2, -0.15) is 31.4 Å². The van der Waals surface area contributed by atoms with Crippen molar-refractivity contribution in [3.05, 3.63) is 70.8 Å². The van der Waals surface area contributed by atoms with Crippen molar-refractivity contribution in [3.8, 4) is 0 Å². The molecule has 0 atom stereocenters. The van der Waals surface area contributed by atoms with Crippen molar-refractivity contribution < 1.29 is 50.2 Å². The number of benzene rings is 1. The molecule has 47 heavy (non-hydrogen) atoms. The molecule has 0 saturated carbocycles. The molecule has 3 aromatic rings. The molecule has 2 aliphatic rings. The van der Waals surface area contributed by atoms with Gasteiger partial charge in [-0.25, -0.2) is 14.2 Å². The molecule has 0 aliphatic carbocycles. The number of alkyl halides is 6. The quantitative estimate of drug-likeness (QED) is 0.289. The number of aromatic amines is 1. The Labute approximate surface area is 262 Å². The van der Waals surface area contributed by atoms with Crippen molar-refractivity contribution in [2.24, 2.45) is 0 Å². The number of pyridine rings is 1. The van der Waals surface area contributed by atoms with Gasteiger partial charge in [-0.1, -0.05) is 6.07 Å². The van der Waals surface area contributed by atoms with E-state index in [0.29, 0.717) is 61.7 Å². The van der Waals surface area contributed by atoms with Crippen molar-refractivity contribution in [1.29, 1.82) is 0 Å². The van der Waals surface area contributed by atoms with Gasteiger partial charge in [-0.15, -0.1) is 0 Å². The van der Waals surface area contributed by atoms with Gasteiger partial charge in [0.1, 0.15) is 11.6 Å². The van der Waals surface area contributed by atoms with Crippen LogP contribution in [-0.2, 0) is 17.5 Å². The first-order chi connectivity index (χ1) is 22.1. The van der Waals surface area contributed by atoms with Gasteiger partial charge in [-0.3, -0.25) is 19.6 Å². The van der Waals surface area contributed by atoms with Crippen LogP contribution in [0.15, 0.2) is 42.6 Å². The minimum Gasteiger partial charge on any atom is -0.475 e. The lowest BCUT2D eigenvalue weighted by atomic mass is 10.1. The van der Waals surface area contributed by atoms with E-state index in [9.17, 15) is 40.3 Å². The predicted octanol–water partition coefficient (Wildman–Crippen LogP) is 3.34. The van der Waals surface area contributed by atoms with Crippen LogP contribution in [0.2, 0.25) is 0 Å².